The maximum Gasteiger partial charge on any atom is 0.234 e. The second-order valence-electron chi connectivity index (χ2n) is 4.98. The van der Waals surface area contributed by atoms with E-state index in [0.717, 1.165) is 16.8 Å². The van der Waals surface area contributed by atoms with Gasteiger partial charge in [0.15, 0.2) is 0 Å². The summed E-state index contributed by atoms with van der Waals surface area (Å²) < 4.78 is 1.62. The number of amides is 1. The average Bonchev–Trinajstić information content (AvgIpc) is 2.88. The Balaban J connectivity index is 2.08. The van der Waals surface area contributed by atoms with Crippen LogP contribution in [0.15, 0.2) is 17.4 Å². The molecule has 0 spiro atoms. The van der Waals surface area contributed by atoms with Gasteiger partial charge in [0.25, 0.3) is 0 Å². The third-order valence-corrected chi connectivity index (χ3v) is 4.38. The Morgan fingerprint density at radius 3 is 2.73 bits per heavy atom. The number of pyridine rings is 1. The van der Waals surface area contributed by atoms with Gasteiger partial charge in [-0.3, -0.25) is 9.48 Å². The number of nitrogens with one attached hydrogen (secondary N) is 1. The molecule has 2 heterocycles. The quantitative estimate of drug-likeness (QED) is 0.876. The van der Waals surface area contributed by atoms with E-state index in [1.165, 1.54) is 11.8 Å². The highest BCUT2D eigenvalue weighted by atomic mass is 32.2. The van der Waals surface area contributed by atoms with Crippen LogP contribution in [0.4, 0.5) is 5.69 Å². The zero-order valence-corrected chi connectivity index (χ0v) is 13.8. The zero-order chi connectivity index (χ0) is 16.3. The van der Waals surface area contributed by atoms with E-state index in [4.69, 9.17) is 0 Å². The smallest absolute Gasteiger partial charge is 0.234 e. The van der Waals surface area contributed by atoms with Crippen molar-refractivity contribution < 1.29 is 4.79 Å². The third kappa shape index (κ3) is 3.46. The normalized spacial score (nSPS) is 10.3. The van der Waals surface area contributed by atoms with Crippen LogP contribution in [0.1, 0.15) is 22.4 Å². The molecule has 0 aromatic carbocycles. The number of rotatable bonds is 4. The van der Waals surface area contributed by atoms with Crippen molar-refractivity contribution in [2.75, 3.05) is 11.1 Å². The lowest BCUT2D eigenvalue weighted by atomic mass is 10.1. The van der Waals surface area contributed by atoms with Crippen LogP contribution in [0.5, 0.6) is 0 Å². The lowest BCUT2D eigenvalue weighted by Crippen LogP contribution is -2.14. The number of aromatic nitrogens is 3. The highest BCUT2D eigenvalue weighted by Gasteiger charge is 2.14. The van der Waals surface area contributed by atoms with Gasteiger partial charge in [0.2, 0.25) is 5.91 Å². The van der Waals surface area contributed by atoms with Gasteiger partial charge >= 0.3 is 0 Å². The number of carbonyl (C=O) groups excluding carboxylic acids is 1. The molecule has 6 nitrogen and oxygen atoms in total. The first-order valence-electron chi connectivity index (χ1n) is 6.71. The maximum absolute atomic E-state index is 12.0. The molecule has 0 radical (unpaired) electrons. The van der Waals surface area contributed by atoms with Crippen molar-refractivity contribution in [1.82, 2.24) is 14.8 Å². The van der Waals surface area contributed by atoms with Crippen molar-refractivity contribution in [3.8, 4) is 6.07 Å². The van der Waals surface area contributed by atoms with Gasteiger partial charge in [-0.15, -0.1) is 0 Å². The van der Waals surface area contributed by atoms with Gasteiger partial charge in [0.1, 0.15) is 11.1 Å². The Morgan fingerprint density at radius 2 is 2.14 bits per heavy atom. The minimum atomic E-state index is -0.153. The summed E-state index contributed by atoms with van der Waals surface area (Å²) in [4.78, 5) is 16.4. The number of hydrogen-bond donors (Lipinski definition) is 1. The first kappa shape index (κ1) is 16.0. The van der Waals surface area contributed by atoms with Gasteiger partial charge in [-0.1, -0.05) is 11.8 Å². The fraction of sp³-hybridized carbons (Fsp3) is 0.333. The Hall–Kier alpha value is -2.33. The Bertz CT molecular complexity index is 760. The number of nitrogens with zero attached hydrogens (tertiary/aromatic N) is 4. The maximum atomic E-state index is 12.0. The highest BCUT2D eigenvalue weighted by molar-refractivity contribution is 8.00. The standard InChI is InChI=1S/C15H17N5OS/c1-9-10(2)13(5-16)15(18-11(9)3)22-8-14(21)19-12-6-17-20(4)7-12/h6-7H,8H2,1-4H3,(H,19,21). The summed E-state index contributed by atoms with van der Waals surface area (Å²) in [5.41, 5.74) is 4.01. The van der Waals surface area contributed by atoms with Crippen LogP contribution >= 0.6 is 11.8 Å². The Labute approximate surface area is 133 Å². The summed E-state index contributed by atoms with van der Waals surface area (Å²) in [5.74, 6) is 0.0398. The SMILES string of the molecule is Cc1nc(SCC(=O)Nc2cnn(C)c2)c(C#N)c(C)c1C. The molecule has 0 aliphatic carbocycles. The molecule has 0 fully saturated rings. The molecule has 114 valence electrons. The fourth-order valence-electron chi connectivity index (χ4n) is 1.96. The van der Waals surface area contributed by atoms with Crippen LogP contribution in [0, 0.1) is 32.1 Å². The van der Waals surface area contributed by atoms with Crippen LogP contribution < -0.4 is 5.32 Å². The predicted octanol–water partition coefficient (Wildman–Crippen LogP) is 2.34. The molecular weight excluding hydrogens is 298 g/mol. The minimum absolute atomic E-state index is 0.153. The van der Waals surface area contributed by atoms with Gasteiger partial charge in [0, 0.05) is 18.9 Å². The van der Waals surface area contributed by atoms with Crippen LogP contribution in [0.2, 0.25) is 0 Å². The summed E-state index contributed by atoms with van der Waals surface area (Å²) in [7, 11) is 1.78. The molecule has 0 atom stereocenters. The number of anilines is 1. The topological polar surface area (TPSA) is 83.6 Å². The number of thioether (sulfide) groups is 1. The number of hydrogen-bond acceptors (Lipinski definition) is 5. The Kier molecular flexibility index (Phi) is 4.83. The monoisotopic (exact) mass is 315 g/mol. The molecule has 0 aliphatic rings. The third-order valence-electron chi connectivity index (χ3n) is 3.40. The van der Waals surface area contributed by atoms with Crippen molar-refractivity contribution in [2.24, 2.45) is 7.05 Å². The number of nitriles is 1. The minimum Gasteiger partial charge on any atom is -0.323 e. The molecule has 22 heavy (non-hydrogen) atoms. The molecule has 1 N–H and O–H groups in total. The first-order chi connectivity index (χ1) is 10.4. The fourth-order valence-corrected chi connectivity index (χ4v) is 2.85. The van der Waals surface area contributed by atoms with Gasteiger partial charge in [-0.05, 0) is 31.9 Å². The second-order valence-corrected chi connectivity index (χ2v) is 5.94. The van der Waals surface area contributed by atoms with Crippen LogP contribution in [-0.2, 0) is 11.8 Å². The van der Waals surface area contributed by atoms with E-state index >= 15 is 0 Å². The molecule has 1 amide bonds. The molecule has 2 aromatic rings. The molecule has 2 rings (SSSR count). The molecule has 0 unspecified atom stereocenters. The summed E-state index contributed by atoms with van der Waals surface area (Å²) >= 11 is 1.27. The van der Waals surface area contributed by atoms with E-state index in [0.29, 0.717) is 16.3 Å². The van der Waals surface area contributed by atoms with Gasteiger partial charge < -0.3 is 5.32 Å². The summed E-state index contributed by atoms with van der Waals surface area (Å²) in [6.45, 7) is 5.76. The van der Waals surface area contributed by atoms with Crippen molar-refractivity contribution in [1.29, 1.82) is 5.26 Å². The summed E-state index contributed by atoms with van der Waals surface area (Å²) in [5, 5.41) is 16.6. The molecular formula is C15H17N5OS. The zero-order valence-electron chi connectivity index (χ0n) is 13.0. The van der Waals surface area contributed by atoms with E-state index < -0.39 is 0 Å². The van der Waals surface area contributed by atoms with E-state index in [9.17, 15) is 10.1 Å². The first-order valence-corrected chi connectivity index (χ1v) is 7.70. The molecule has 0 saturated heterocycles. The predicted molar refractivity (Wildman–Crippen MR) is 85.7 cm³/mol. The van der Waals surface area contributed by atoms with Crippen molar-refractivity contribution >= 4 is 23.4 Å². The largest absolute Gasteiger partial charge is 0.323 e. The second kappa shape index (κ2) is 6.62. The molecule has 7 heteroatoms. The number of aryl methyl sites for hydroxylation is 2. The molecule has 0 saturated carbocycles. The van der Waals surface area contributed by atoms with E-state index in [1.807, 2.05) is 20.8 Å². The van der Waals surface area contributed by atoms with Gasteiger partial charge in [0.05, 0.1) is 23.2 Å². The average molecular weight is 315 g/mol. The summed E-state index contributed by atoms with van der Waals surface area (Å²) in [6, 6.07) is 2.18. The van der Waals surface area contributed by atoms with Crippen molar-refractivity contribution in [3.63, 3.8) is 0 Å². The van der Waals surface area contributed by atoms with E-state index in [2.05, 4.69) is 21.5 Å². The van der Waals surface area contributed by atoms with E-state index in [1.54, 1.807) is 24.1 Å². The highest BCUT2D eigenvalue weighted by Crippen LogP contribution is 2.26. The molecule has 0 aliphatic heterocycles. The van der Waals surface area contributed by atoms with Gasteiger partial charge in [-0.2, -0.15) is 10.4 Å². The number of carbonyl (C=O) groups is 1. The molecule has 2 aromatic heterocycles. The van der Waals surface area contributed by atoms with Crippen LogP contribution in [0.25, 0.3) is 0 Å². The van der Waals surface area contributed by atoms with Gasteiger partial charge in [-0.25, -0.2) is 4.98 Å². The van der Waals surface area contributed by atoms with Crippen molar-refractivity contribution in [3.05, 3.63) is 34.8 Å². The lowest BCUT2D eigenvalue weighted by Gasteiger charge is -2.10. The van der Waals surface area contributed by atoms with Crippen LogP contribution in [0.3, 0.4) is 0 Å². The Morgan fingerprint density at radius 1 is 1.41 bits per heavy atom. The lowest BCUT2D eigenvalue weighted by molar-refractivity contribution is -0.113. The summed E-state index contributed by atoms with van der Waals surface area (Å²) in [6.07, 6.45) is 3.31. The van der Waals surface area contributed by atoms with Crippen LogP contribution in [-0.4, -0.2) is 26.4 Å². The molecule has 0 bridgehead atoms. The van der Waals surface area contributed by atoms with Crippen molar-refractivity contribution in [2.45, 2.75) is 25.8 Å². The van der Waals surface area contributed by atoms with E-state index in [-0.39, 0.29) is 11.7 Å².